The van der Waals surface area contributed by atoms with E-state index in [9.17, 15) is 29.4 Å². The predicted octanol–water partition coefficient (Wildman–Crippen LogP) is 6.50. The third-order valence-corrected chi connectivity index (χ3v) is 13.7. The highest BCUT2D eigenvalue weighted by Crippen LogP contribution is 2.41. The number of aryl methyl sites for hydroxylation is 2. The Labute approximate surface area is 574 Å². The number of halogens is 3. The van der Waals surface area contributed by atoms with Gasteiger partial charge in [0, 0.05) is 50.0 Å². The minimum Gasteiger partial charge on any atom is -0.508 e. The van der Waals surface area contributed by atoms with Gasteiger partial charge in [0.2, 0.25) is 17.4 Å². The third-order valence-electron chi connectivity index (χ3n) is 13.2. The van der Waals surface area contributed by atoms with Crippen LogP contribution >= 0.6 is 71.7 Å². The van der Waals surface area contributed by atoms with Crippen LogP contribution in [0.2, 0.25) is 0 Å². The van der Waals surface area contributed by atoms with Crippen LogP contribution in [0.4, 0.5) is 0 Å². The molecule has 0 fully saturated rings. The lowest BCUT2D eigenvalue weighted by molar-refractivity contribution is -0.135. The molecule has 3 amide bonds. The number of amides is 3. The first-order chi connectivity index (χ1) is 44.0. The van der Waals surface area contributed by atoms with Gasteiger partial charge in [0.05, 0.1) is 91.8 Å². The molecular weight excluding hydrogens is 1440 g/mol. The van der Waals surface area contributed by atoms with E-state index in [-0.39, 0.29) is 40.3 Å². The van der Waals surface area contributed by atoms with E-state index in [0.29, 0.717) is 55.6 Å². The first kappa shape index (κ1) is 78.8. The molecule has 5 heterocycles. The van der Waals surface area contributed by atoms with Gasteiger partial charge in [-0.05, 0) is 121 Å². The fraction of sp³-hybridized carbons (Fsp3) is 0.333. The number of phenols is 2. The molecule has 500 valence electrons. The molecule has 0 radical (unpaired) electrons. The average Bonchev–Trinajstić information content (AvgIpc) is 1.72. The number of nitrogens with zero attached hydrogens (tertiary/aromatic N) is 7. The lowest BCUT2D eigenvalue weighted by Crippen LogP contribution is -2.31. The van der Waals surface area contributed by atoms with E-state index in [0.717, 1.165) is 111 Å². The molecule has 5 aromatic carbocycles. The summed E-state index contributed by atoms with van der Waals surface area (Å²) < 4.78 is 45.3. The number of methoxy groups -OCH3 is 8. The molecule has 3 aliphatic heterocycles. The number of primary amides is 3. The monoisotopic (exact) mass is 1510 g/mol. The van der Waals surface area contributed by atoms with Crippen LogP contribution in [-0.2, 0) is 54.8 Å². The summed E-state index contributed by atoms with van der Waals surface area (Å²) in [6.07, 6.45) is 3.88. The molecule has 0 aliphatic carbocycles. The van der Waals surface area contributed by atoms with Crippen molar-refractivity contribution < 1.29 is 67.3 Å². The molecule has 0 spiro atoms. The molecule has 27 nitrogen and oxygen atoms in total. The summed E-state index contributed by atoms with van der Waals surface area (Å²) in [7, 11) is 13.0. The first-order valence-corrected chi connectivity index (χ1v) is 31.0. The van der Waals surface area contributed by atoms with Crippen molar-refractivity contribution >= 4 is 109 Å². The largest absolute Gasteiger partial charge is 0.508 e. The standard InChI is InChI=1S/C13H14N4O3.C11H10N4O3.2C11H13NO2S.C10H15NO2.C3H6N2O2.CH4.BBr3/c1-19-8-5-7-3-4-17-12(10(7)9(6-8)20-2)15-16-13(17)11(14)18;12-9(18)11-14-13-10-8-5(1-2-15(10)11)3-6(16)4-7(8)17;1-13-8-5-7-3-4-12-11(15)10(7)9(6-8)14-2;1-13-10-5-9(3-4-12-8-15)6-11(7-10)14-2;1-12-9-5-8(3-4-11)6-10(7-9)13-2;4-1-2(6)3(5)7;;2-1(3)4/h5-6H,3-4H2,1-2H3,(H2,14,18);3-4,16-17H,1-2H2,(H2,12,18);5-6H,3-4H2,1-2H3,(H,12,15);5-7H,3-4H2,1-2H3;5-7H,3-4,11H2,1-2H3;1,4H2,(H2,5,7);1H4;. The molecule has 13 N–H and O–H groups in total. The van der Waals surface area contributed by atoms with Crippen LogP contribution in [0.1, 0.15) is 62.0 Å². The number of thiocarbonyl (C=S) groups is 2. The molecular formula is C60H75BBr3N13O14S2. The number of phenolic OH excluding ortho intramolecular Hbond substituents is 2. The molecule has 2 aromatic heterocycles. The summed E-state index contributed by atoms with van der Waals surface area (Å²) in [6, 6.07) is 21.9. The van der Waals surface area contributed by atoms with Crippen LogP contribution in [0, 0.1) is 0 Å². The Morgan fingerprint density at radius 3 is 1.39 bits per heavy atom. The van der Waals surface area contributed by atoms with Crippen LogP contribution in [-0.4, -0.2) is 160 Å². The average molecular weight is 1520 g/mol. The van der Waals surface area contributed by atoms with E-state index in [1.165, 1.54) is 11.6 Å². The van der Waals surface area contributed by atoms with E-state index in [4.69, 9.17) is 73.0 Å². The number of fused-ring (bicyclic) bond motifs is 7. The maximum atomic E-state index is 11.3. The molecule has 3 aliphatic rings. The number of hydrogen-bond donors (Lipinski definition) is 8. The summed E-state index contributed by atoms with van der Waals surface area (Å²) in [5, 5.41) is 40.4. The number of ether oxygens (including phenoxy) is 8. The summed E-state index contributed by atoms with van der Waals surface area (Å²) in [6.45, 7) is 2.94. The van der Waals surface area contributed by atoms with Crippen LogP contribution in [0.5, 0.6) is 57.5 Å². The molecule has 0 saturated heterocycles. The number of carbonyl (C=O) groups is 4. The molecule has 7 aromatic rings. The van der Waals surface area contributed by atoms with Crippen molar-refractivity contribution in [3.8, 4) is 80.3 Å². The lowest BCUT2D eigenvalue weighted by Gasteiger charge is -2.21. The quantitative estimate of drug-likeness (QED) is 0.0209. The fourth-order valence-electron chi connectivity index (χ4n) is 9.03. The number of rotatable bonds is 17. The van der Waals surface area contributed by atoms with Gasteiger partial charge in [-0.25, -0.2) is 4.99 Å². The minimum absolute atomic E-state index is 0. The fourth-order valence-corrected chi connectivity index (χ4v) is 9.45. The zero-order valence-corrected chi connectivity index (χ0v) is 57.9. The van der Waals surface area contributed by atoms with Gasteiger partial charge in [0.1, 0.15) is 62.5 Å². The number of hydrogen-bond acceptors (Lipinski definition) is 23. The van der Waals surface area contributed by atoms with Gasteiger partial charge in [-0.1, -0.05) is 19.6 Å². The van der Waals surface area contributed by atoms with Crippen molar-refractivity contribution in [1.29, 1.82) is 0 Å². The first-order valence-electron chi connectivity index (χ1n) is 27.4. The Bertz CT molecular complexity index is 3660. The van der Waals surface area contributed by atoms with E-state index < -0.39 is 23.5 Å². The van der Waals surface area contributed by atoms with Crippen LogP contribution in [0.15, 0.2) is 77.8 Å². The zero-order chi connectivity index (χ0) is 68.2. The summed E-state index contributed by atoms with van der Waals surface area (Å²) >= 11 is 19.1. The number of benzene rings is 5. The van der Waals surface area contributed by atoms with Crippen molar-refractivity contribution in [2.75, 3.05) is 83.1 Å². The number of aromatic nitrogens is 6. The number of aliphatic imine (C=N–C) groups is 1. The Balaban J connectivity index is 0.000000292. The second-order valence-corrected chi connectivity index (χ2v) is 25.9. The maximum Gasteiger partial charge on any atom is 0.369 e. The second kappa shape index (κ2) is 39.9. The van der Waals surface area contributed by atoms with E-state index in [2.05, 4.69) is 101 Å². The van der Waals surface area contributed by atoms with E-state index in [1.807, 2.05) is 54.6 Å². The molecule has 10 rings (SSSR count). The highest BCUT2D eigenvalue weighted by atomic mass is 79.9. The number of nitrogens with two attached hydrogens (primary N) is 5. The Kier molecular flexibility index (Phi) is 33.8. The smallest absolute Gasteiger partial charge is 0.369 e. The van der Waals surface area contributed by atoms with Crippen molar-refractivity contribution in [1.82, 2.24) is 34.8 Å². The van der Waals surface area contributed by atoms with Crippen molar-refractivity contribution in [2.24, 2.45) is 33.7 Å². The van der Waals surface area contributed by atoms with E-state index >= 15 is 0 Å². The SMILES string of the molecule is BrB(Br)Br.C.COc1cc(CCN)cc(OC)c1.COc1cc(CCN=C=S)cc(OC)c1.COc1cc2c(c(OC)c1)-c1nnc(C(N)=O)n1CC2.COc1cc2c(c(OC)c1)C(=S)NCC2.NC(=O)c1nnc2n1CCc1cc(O)cc(O)c1-2.NCC(=O)C(N)=O. The van der Waals surface area contributed by atoms with Crippen molar-refractivity contribution in [3.63, 3.8) is 0 Å². The molecule has 0 atom stereocenters. The Morgan fingerprint density at radius 1 is 0.591 bits per heavy atom. The number of isothiocyanates is 1. The lowest BCUT2D eigenvalue weighted by atomic mass is 9.99. The summed E-state index contributed by atoms with van der Waals surface area (Å²) in [5.41, 5.74) is 32.7. The number of carbonyl (C=O) groups excluding carboxylic acids is 4. The normalized spacial score (nSPS) is 11.2. The van der Waals surface area contributed by atoms with Gasteiger partial charge >= 0.3 is 3.18 Å². The predicted molar refractivity (Wildman–Crippen MR) is 373 cm³/mol. The molecule has 0 saturated carbocycles. The van der Waals surface area contributed by atoms with Crippen LogP contribution in [0.3, 0.4) is 0 Å². The topological polar surface area (TPSA) is 398 Å². The van der Waals surface area contributed by atoms with Gasteiger partial charge in [-0.2, -0.15) is 0 Å². The third kappa shape index (κ3) is 23.0. The number of Topliss-reactive ketones (excluding diaryl/α,β-unsaturated/α-hetero) is 1. The van der Waals surface area contributed by atoms with Gasteiger partial charge in [-0.3, -0.25) is 19.2 Å². The second-order valence-electron chi connectivity index (χ2n) is 18.9. The highest BCUT2D eigenvalue weighted by Gasteiger charge is 2.29. The number of nitrogens with one attached hydrogen (secondary N) is 1. The molecule has 0 bridgehead atoms. The van der Waals surface area contributed by atoms with Gasteiger partial charge in [-0.15, -0.1) is 67.7 Å². The minimum atomic E-state index is -0.970. The maximum absolute atomic E-state index is 11.3. The number of aromatic hydroxyl groups is 2. The molecule has 0 unspecified atom stereocenters. The van der Waals surface area contributed by atoms with E-state index in [1.54, 1.807) is 78.1 Å². The van der Waals surface area contributed by atoms with Gasteiger partial charge in [0.25, 0.3) is 17.7 Å². The van der Waals surface area contributed by atoms with Crippen LogP contribution in [0.25, 0.3) is 22.8 Å². The van der Waals surface area contributed by atoms with Gasteiger partial charge in [0.15, 0.2) is 11.6 Å². The molecule has 33 heteroatoms. The summed E-state index contributed by atoms with van der Waals surface area (Å²) in [4.78, 5) is 46.8. The highest BCUT2D eigenvalue weighted by molar-refractivity contribution is 9.69. The Morgan fingerprint density at radius 2 is 1.00 bits per heavy atom. The van der Waals surface area contributed by atoms with Crippen LogP contribution < -0.4 is 71.9 Å². The van der Waals surface area contributed by atoms with Crippen molar-refractivity contribution in [2.45, 2.75) is 52.6 Å². The number of ketones is 1. The summed E-state index contributed by atoms with van der Waals surface area (Å²) in [5.74, 6) is 4.34. The molecule has 93 heavy (non-hydrogen) atoms. The zero-order valence-electron chi connectivity index (χ0n) is 51.5. The van der Waals surface area contributed by atoms with Crippen molar-refractivity contribution in [3.05, 3.63) is 118 Å². The Hall–Kier alpha value is -8.43. The van der Waals surface area contributed by atoms with Gasteiger partial charge < -0.3 is 91.2 Å².